The molecule has 0 unspecified atom stereocenters. The lowest BCUT2D eigenvalue weighted by Gasteiger charge is -2.19. The van der Waals surface area contributed by atoms with E-state index in [2.05, 4.69) is 0 Å². The summed E-state index contributed by atoms with van der Waals surface area (Å²) in [5.74, 6) is -1.47. The Kier molecular flexibility index (Phi) is 4.48. The van der Waals surface area contributed by atoms with Crippen LogP contribution in [0.5, 0.6) is 0 Å². The lowest BCUT2D eigenvalue weighted by atomic mass is 9.82. The molecule has 3 aromatic rings. The first kappa shape index (κ1) is 18.2. The molecule has 0 saturated carbocycles. The van der Waals surface area contributed by atoms with Gasteiger partial charge < -0.3 is 4.74 Å². The van der Waals surface area contributed by atoms with E-state index in [1.54, 1.807) is 24.3 Å². The van der Waals surface area contributed by atoms with Crippen LogP contribution >= 0.6 is 0 Å². The largest absolute Gasteiger partial charge is 0.457 e. The van der Waals surface area contributed by atoms with Gasteiger partial charge in [-0.15, -0.1) is 0 Å². The fraction of sp³-hybridized carbons (Fsp3) is 0.0455. The second kappa shape index (κ2) is 7.12. The molecule has 29 heavy (non-hydrogen) atoms. The van der Waals surface area contributed by atoms with Crippen LogP contribution in [0.3, 0.4) is 0 Å². The van der Waals surface area contributed by atoms with Crippen molar-refractivity contribution in [3.05, 3.63) is 110 Å². The zero-order valence-electron chi connectivity index (χ0n) is 15.0. The summed E-state index contributed by atoms with van der Waals surface area (Å²) in [5, 5.41) is 10.7. The van der Waals surface area contributed by atoms with Crippen LogP contribution in [0, 0.1) is 10.1 Å². The van der Waals surface area contributed by atoms with Gasteiger partial charge in [-0.3, -0.25) is 19.7 Å². The van der Waals surface area contributed by atoms with Crippen LogP contribution in [0.1, 0.15) is 47.8 Å². The van der Waals surface area contributed by atoms with Crippen molar-refractivity contribution >= 4 is 23.2 Å². The van der Waals surface area contributed by atoms with Crippen molar-refractivity contribution in [3.8, 4) is 0 Å². The van der Waals surface area contributed by atoms with Gasteiger partial charge in [-0.25, -0.2) is 4.79 Å². The zero-order valence-corrected chi connectivity index (χ0v) is 15.0. The van der Waals surface area contributed by atoms with Gasteiger partial charge >= 0.3 is 5.97 Å². The minimum absolute atomic E-state index is 0.0114. The Bertz CT molecular complexity index is 1180. The number of carbonyl (C=O) groups is 3. The highest BCUT2D eigenvalue weighted by Crippen LogP contribution is 2.30. The molecule has 0 saturated heterocycles. The maximum atomic E-state index is 12.9. The minimum Gasteiger partial charge on any atom is -0.457 e. The summed E-state index contributed by atoms with van der Waals surface area (Å²) >= 11 is 0. The molecule has 0 heterocycles. The first-order valence-electron chi connectivity index (χ1n) is 8.69. The van der Waals surface area contributed by atoms with Crippen LogP contribution in [0.15, 0.2) is 66.7 Å². The molecule has 0 N–H and O–H groups in total. The average molecular weight is 387 g/mol. The summed E-state index contributed by atoms with van der Waals surface area (Å²) in [6, 6.07) is 16.5. The number of carbonyl (C=O) groups excluding carboxylic acids is 3. The van der Waals surface area contributed by atoms with E-state index < -0.39 is 16.7 Å². The molecule has 3 aromatic carbocycles. The van der Waals surface area contributed by atoms with E-state index in [0.29, 0.717) is 11.1 Å². The molecule has 0 bridgehead atoms. The SMILES string of the molecule is O=C(OCc1ccc([N+](=O)[O-])cc1)c1cccc2c1C(=O)c1ccccc1C2=O. The number of esters is 1. The van der Waals surface area contributed by atoms with E-state index in [4.69, 9.17) is 4.74 Å². The van der Waals surface area contributed by atoms with Crippen LogP contribution in [0.2, 0.25) is 0 Å². The van der Waals surface area contributed by atoms with Crippen molar-refractivity contribution in [2.45, 2.75) is 6.61 Å². The summed E-state index contributed by atoms with van der Waals surface area (Å²) in [6.07, 6.45) is 0. The van der Waals surface area contributed by atoms with E-state index in [0.717, 1.165) is 0 Å². The molecule has 7 nitrogen and oxygen atoms in total. The number of ketones is 2. The molecule has 7 heteroatoms. The predicted molar refractivity (Wildman–Crippen MR) is 102 cm³/mol. The fourth-order valence-corrected chi connectivity index (χ4v) is 3.26. The molecule has 0 spiro atoms. The van der Waals surface area contributed by atoms with Crippen LogP contribution in [0.4, 0.5) is 5.69 Å². The number of nitrogens with zero attached hydrogens (tertiary/aromatic N) is 1. The van der Waals surface area contributed by atoms with E-state index in [9.17, 15) is 24.5 Å². The van der Waals surface area contributed by atoms with Crippen LogP contribution in [-0.2, 0) is 11.3 Å². The van der Waals surface area contributed by atoms with Gasteiger partial charge in [0, 0.05) is 34.4 Å². The van der Waals surface area contributed by atoms with Crippen LogP contribution < -0.4 is 0 Å². The third kappa shape index (κ3) is 3.19. The molecule has 1 aliphatic rings. The monoisotopic (exact) mass is 387 g/mol. The maximum absolute atomic E-state index is 12.9. The highest BCUT2D eigenvalue weighted by Gasteiger charge is 2.33. The lowest BCUT2D eigenvalue weighted by molar-refractivity contribution is -0.384. The van der Waals surface area contributed by atoms with Crippen molar-refractivity contribution in [1.82, 2.24) is 0 Å². The van der Waals surface area contributed by atoms with Gasteiger partial charge in [0.05, 0.1) is 10.5 Å². The molecule has 0 radical (unpaired) electrons. The third-order valence-electron chi connectivity index (χ3n) is 4.69. The summed E-state index contributed by atoms with van der Waals surface area (Å²) in [5.41, 5.74) is 1.25. The number of nitro benzene ring substituents is 1. The first-order chi connectivity index (χ1) is 14.0. The number of fused-ring (bicyclic) bond motifs is 2. The van der Waals surface area contributed by atoms with E-state index in [-0.39, 0.29) is 40.3 Å². The summed E-state index contributed by atoms with van der Waals surface area (Å²) < 4.78 is 5.28. The highest BCUT2D eigenvalue weighted by molar-refractivity contribution is 6.30. The van der Waals surface area contributed by atoms with Crippen LogP contribution in [-0.4, -0.2) is 22.5 Å². The van der Waals surface area contributed by atoms with Gasteiger partial charge in [0.1, 0.15) is 6.61 Å². The zero-order chi connectivity index (χ0) is 20.5. The van der Waals surface area contributed by atoms with E-state index >= 15 is 0 Å². The lowest BCUT2D eigenvalue weighted by Crippen LogP contribution is -2.24. The minimum atomic E-state index is -0.749. The van der Waals surface area contributed by atoms with Crippen molar-refractivity contribution in [1.29, 1.82) is 0 Å². The topological polar surface area (TPSA) is 104 Å². The number of hydrogen-bond donors (Lipinski definition) is 0. The van der Waals surface area contributed by atoms with Gasteiger partial charge in [0.25, 0.3) is 5.69 Å². The van der Waals surface area contributed by atoms with Gasteiger partial charge in [-0.2, -0.15) is 0 Å². The van der Waals surface area contributed by atoms with Gasteiger partial charge in [0.15, 0.2) is 11.6 Å². The third-order valence-corrected chi connectivity index (χ3v) is 4.69. The number of ether oxygens (including phenoxy) is 1. The standard InChI is InChI=1S/C22H13NO6/c24-20-15-4-1-2-5-16(15)21(25)19-17(20)6-3-7-18(19)22(26)29-12-13-8-10-14(11-9-13)23(27)28/h1-11H,12H2. The smallest absolute Gasteiger partial charge is 0.339 e. The van der Waals surface area contributed by atoms with Gasteiger partial charge in [0.2, 0.25) is 0 Å². The quantitative estimate of drug-likeness (QED) is 0.300. The highest BCUT2D eigenvalue weighted by atomic mass is 16.6. The first-order valence-corrected chi connectivity index (χ1v) is 8.69. The van der Waals surface area contributed by atoms with Crippen molar-refractivity contribution in [2.24, 2.45) is 0 Å². The average Bonchev–Trinajstić information content (AvgIpc) is 2.75. The summed E-state index contributed by atoms with van der Waals surface area (Å²) in [4.78, 5) is 48.5. The van der Waals surface area contributed by atoms with Gasteiger partial charge in [-0.05, 0) is 23.8 Å². The molecule has 0 fully saturated rings. The Labute approximate surface area is 164 Å². The molecule has 142 valence electrons. The molecule has 0 aliphatic heterocycles. The normalized spacial score (nSPS) is 12.1. The summed E-state index contributed by atoms with van der Waals surface area (Å²) in [6.45, 7) is -0.126. The van der Waals surface area contributed by atoms with Crippen molar-refractivity contribution in [3.63, 3.8) is 0 Å². The Morgan fingerprint density at radius 1 is 0.828 bits per heavy atom. The number of rotatable bonds is 4. The Balaban J connectivity index is 1.61. The number of non-ortho nitro benzene ring substituents is 1. The predicted octanol–water partition coefficient (Wildman–Crippen LogP) is 3.73. The molecule has 0 aromatic heterocycles. The van der Waals surface area contributed by atoms with E-state index in [1.165, 1.54) is 42.5 Å². The Morgan fingerprint density at radius 2 is 1.45 bits per heavy atom. The second-order valence-corrected chi connectivity index (χ2v) is 6.43. The molecule has 0 amide bonds. The number of benzene rings is 3. The maximum Gasteiger partial charge on any atom is 0.339 e. The molecular formula is C22H13NO6. The molecule has 4 rings (SSSR count). The van der Waals surface area contributed by atoms with E-state index in [1.807, 2.05) is 0 Å². The number of nitro groups is 1. The van der Waals surface area contributed by atoms with Gasteiger partial charge in [-0.1, -0.05) is 36.4 Å². The second-order valence-electron chi connectivity index (χ2n) is 6.43. The molecule has 0 atom stereocenters. The van der Waals surface area contributed by atoms with Crippen molar-refractivity contribution in [2.75, 3.05) is 0 Å². The summed E-state index contributed by atoms with van der Waals surface area (Å²) in [7, 11) is 0. The van der Waals surface area contributed by atoms with Crippen molar-refractivity contribution < 1.29 is 24.0 Å². The Morgan fingerprint density at radius 3 is 2.10 bits per heavy atom. The molecular weight excluding hydrogens is 374 g/mol. The Hall–Kier alpha value is -4.13. The fourth-order valence-electron chi connectivity index (χ4n) is 3.26. The number of hydrogen-bond acceptors (Lipinski definition) is 6. The molecule has 1 aliphatic carbocycles. The van der Waals surface area contributed by atoms with Crippen LogP contribution in [0.25, 0.3) is 0 Å².